The second-order valence-electron chi connectivity index (χ2n) is 6.44. The number of hydrogen-bond donors (Lipinski definition) is 0. The van der Waals surface area contributed by atoms with E-state index in [1.54, 1.807) is 65.7 Å². The number of ketones is 1. The van der Waals surface area contributed by atoms with E-state index in [1.165, 1.54) is 10.4 Å². The van der Waals surface area contributed by atoms with E-state index in [1.807, 2.05) is 21.0 Å². The molecule has 27 heavy (non-hydrogen) atoms. The molecule has 0 aliphatic carbocycles. The normalized spacial score (nSPS) is 11.5. The molecule has 0 atom stereocenters. The van der Waals surface area contributed by atoms with E-state index in [2.05, 4.69) is 0 Å². The molecule has 0 bridgehead atoms. The molecule has 6 heteroatoms. The second-order valence-corrected chi connectivity index (χ2v) is 8.30. The lowest BCUT2D eigenvalue weighted by Gasteiger charge is -2.25. The third-order valence-corrected chi connectivity index (χ3v) is 5.83. The van der Waals surface area contributed by atoms with Gasteiger partial charge in [0.25, 0.3) is 10.0 Å². The minimum Gasteiger partial charge on any atom is -0.383 e. The number of carbonyl (C=O) groups is 1. The average molecular weight is 387 g/mol. The van der Waals surface area contributed by atoms with Gasteiger partial charge in [0, 0.05) is 38.5 Å². The first-order chi connectivity index (χ1) is 12.9. The van der Waals surface area contributed by atoms with Crippen molar-refractivity contribution < 1.29 is 13.2 Å². The third-order valence-electron chi connectivity index (χ3n) is 3.99. The lowest BCUT2D eigenvalue weighted by atomic mass is 10.1. The molecule has 0 spiro atoms. The Morgan fingerprint density at radius 2 is 1.74 bits per heavy atom. The topological polar surface area (TPSA) is 57.7 Å². The van der Waals surface area contributed by atoms with E-state index < -0.39 is 10.0 Å². The van der Waals surface area contributed by atoms with Crippen LogP contribution >= 0.6 is 0 Å². The number of sulfonamides is 1. The summed E-state index contributed by atoms with van der Waals surface area (Å²) >= 11 is 0. The standard InChI is InChI=1S/C21H26N2O3S/c1-4-5-15-23(27(25,26)20-12-7-6-8-13-20)19-11-9-10-18(17-19)21(24)14-16-22(2)3/h6-14,16-17H,4-5,15H2,1-3H3/b16-14+. The van der Waals surface area contributed by atoms with E-state index in [0.717, 1.165) is 12.8 Å². The van der Waals surface area contributed by atoms with Gasteiger partial charge in [0.1, 0.15) is 0 Å². The summed E-state index contributed by atoms with van der Waals surface area (Å²) in [6.45, 7) is 2.37. The van der Waals surface area contributed by atoms with Crippen LogP contribution in [0.3, 0.4) is 0 Å². The number of anilines is 1. The van der Waals surface area contributed by atoms with Crippen LogP contribution < -0.4 is 4.31 Å². The first-order valence-corrected chi connectivity index (χ1v) is 10.4. The van der Waals surface area contributed by atoms with Crippen LogP contribution in [0.1, 0.15) is 30.1 Å². The predicted octanol–water partition coefficient (Wildman–Crippen LogP) is 3.94. The first kappa shape index (κ1) is 20.7. The Kier molecular flexibility index (Phi) is 7.19. The van der Waals surface area contributed by atoms with Crippen molar-refractivity contribution in [3.63, 3.8) is 0 Å². The van der Waals surface area contributed by atoms with Gasteiger partial charge in [0.15, 0.2) is 5.78 Å². The zero-order valence-corrected chi connectivity index (χ0v) is 16.8. The minimum absolute atomic E-state index is 0.168. The number of allylic oxidation sites excluding steroid dienone is 1. The van der Waals surface area contributed by atoms with Gasteiger partial charge in [0.2, 0.25) is 0 Å². The van der Waals surface area contributed by atoms with E-state index in [-0.39, 0.29) is 10.7 Å². The van der Waals surface area contributed by atoms with Crippen molar-refractivity contribution in [2.24, 2.45) is 0 Å². The van der Waals surface area contributed by atoms with Gasteiger partial charge in [-0.1, -0.05) is 43.7 Å². The summed E-state index contributed by atoms with van der Waals surface area (Å²) in [5.74, 6) is -0.168. The molecule has 0 unspecified atom stereocenters. The fourth-order valence-corrected chi connectivity index (χ4v) is 4.05. The number of hydrogen-bond acceptors (Lipinski definition) is 4. The monoisotopic (exact) mass is 386 g/mol. The SMILES string of the molecule is CCCCN(c1cccc(C(=O)/C=C/N(C)C)c1)S(=O)(=O)c1ccccc1. The molecule has 2 aromatic rings. The summed E-state index contributed by atoms with van der Waals surface area (Å²) in [6, 6.07) is 15.1. The van der Waals surface area contributed by atoms with Gasteiger partial charge < -0.3 is 4.90 Å². The summed E-state index contributed by atoms with van der Waals surface area (Å²) in [5.41, 5.74) is 0.951. The molecule has 0 heterocycles. The van der Waals surface area contributed by atoms with Crippen LogP contribution in [0.5, 0.6) is 0 Å². The Bertz CT molecular complexity index is 891. The van der Waals surface area contributed by atoms with E-state index >= 15 is 0 Å². The van der Waals surface area contributed by atoms with Gasteiger partial charge in [0.05, 0.1) is 10.6 Å². The summed E-state index contributed by atoms with van der Waals surface area (Å²) in [5, 5.41) is 0. The Labute approximate surface area is 162 Å². The van der Waals surface area contributed by atoms with Crippen molar-refractivity contribution in [1.29, 1.82) is 0 Å². The number of rotatable bonds is 9. The Morgan fingerprint density at radius 1 is 1.04 bits per heavy atom. The third kappa shape index (κ3) is 5.44. The van der Waals surface area contributed by atoms with E-state index in [0.29, 0.717) is 17.8 Å². The van der Waals surface area contributed by atoms with Gasteiger partial charge in [-0.25, -0.2) is 8.42 Å². The van der Waals surface area contributed by atoms with Crippen LogP contribution in [0, 0.1) is 0 Å². The largest absolute Gasteiger partial charge is 0.383 e. The van der Waals surface area contributed by atoms with E-state index in [9.17, 15) is 13.2 Å². The highest BCUT2D eigenvalue weighted by Crippen LogP contribution is 2.25. The van der Waals surface area contributed by atoms with Crippen molar-refractivity contribution in [3.8, 4) is 0 Å². The second kappa shape index (κ2) is 9.37. The average Bonchev–Trinajstić information content (AvgIpc) is 2.67. The maximum absolute atomic E-state index is 13.2. The smallest absolute Gasteiger partial charge is 0.264 e. The highest BCUT2D eigenvalue weighted by atomic mass is 32.2. The molecule has 0 aromatic heterocycles. The van der Waals surface area contributed by atoms with Crippen LogP contribution in [-0.2, 0) is 10.0 Å². The number of benzene rings is 2. The molecular weight excluding hydrogens is 360 g/mol. The summed E-state index contributed by atoms with van der Waals surface area (Å²) in [4.78, 5) is 14.4. The number of carbonyl (C=O) groups excluding carboxylic acids is 1. The Balaban J connectivity index is 2.43. The van der Waals surface area contributed by atoms with Crippen LogP contribution in [0.15, 0.2) is 71.8 Å². The van der Waals surface area contributed by atoms with Gasteiger partial charge in [-0.15, -0.1) is 0 Å². The zero-order chi connectivity index (χ0) is 19.9. The summed E-state index contributed by atoms with van der Waals surface area (Å²) in [7, 11) is -0.0338. The first-order valence-electron chi connectivity index (χ1n) is 8.93. The maximum atomic E-state index is 13.2. The number of nitrogens with zero attached hydrogens (tertiary/aromatic N) is 2. The number of unbranched alkanes of at least 4 members (excludes halogenated alkanes) is 1. The van der Waals surface area contributed by atoms with Crippen molar-refractivity contribution in [2.45, 2.75) is 24.7 Å². The fourth-order valence-electron chi connectivity index (χ4n) is 2.54. The molecule has 2 aromatic carbocycles. The van der Waals surface area contributed by atoms with Gasteiger partial charge in [-0.3, -0.25) is 9.10 Å². The molecule has 0 aliphatic rings. The van der Waals surface area contributed by atoms with Gasteiger partial charge in [-0.2, -0.15) is 0 Å². The molecule has 0 N–H and O–H groups in total. The van der Waals surface area contributed by atoms with Crippen molar-refractivity contribution in [3.05, 3.63) is 72.4 Å². The van der Waals surface area contributed by atoms with Gasteiger partial charge >= 0.3 is 0 Å². The molecule has 0 radical (unpaired) electrons. The molecule has 0 saturated carbocycles. The van der Waals surface area contributed by atoms with Crippen molar-refractivity contribution in [1.82, 2.24) is 4.90 Å². The highest BCUT2D eigenvalue weighted by molar-refractivity contribution is 7.92. The molecule has 2 rings (SSSR count). The van der Waals surface area contributed by atoms with Crippen LogP contribution in [0.2, 0.25) is 0 Å². The molecule has 5 nitrogen and oxygen atoms in total. The molecular formula is C21H26N2O3S. The highest BCUT2D eigenvalue weighted by Gasteiger charge is 2.24. The lowest BCUT2D eigenvalue weighted by molar-refractivity contribution is 0.104. The zero-order valence-electron chi connectivity index (χ0n) is 16.0. The fraction of sp³-hybridized carbons (Fsp3) is 0.286. The van der Waals surface area contributed by atoms with Crippen molar-refractivity contribution >= 4 is 21.5 Å². The quantitative estimate of drug-likeness (QED) is 0.484. The van der Waals surface area contributed by atoms with Crippen LogP contribution in [-0.4, -0.2) is 39.7 Å². The van der Waals surface area contributed by atoms with Crippen molar-refractivity contribution in [2.75, 3.05) is 24.9 Å². The van der Waals surface area contributed by atoms with E-state index in [4.69, 9.17) is 0 Å². The molecule has 0 fully saturated rings. The summed E-state index contributed by atoms with van der Waals surface area (Å²) < 4.78 is 27.7. The predicted molar refractivity (Wildman–Crippen MR) is 109 cm³/mol. The molecule has 0 aliphatic heterocycles. The molecule has 0 amide bonds. The summed E-state index contributed by atoms with van der Waals surface area (Å²) in [6.07, 6.45) is 4.74. The molecule has 0 saturated heterocycles. The maximum Gasteiger partial charge on any atom is 0.264 e. The Hall–Kier alpha value is -2.60. The minimum atomic E-state index is -3.70. The lowest BCUT2D eigenvalue weighted by Crippen LogP contribution is -2.32. The van der Waals surface area contributed by atoms with Crippen LogP contribution in [0.4, 0.5) is 5.69 Å². The van der Waals surface area contributed by atoms with Gasteiger partial charge in [-0.05, 0) is 30.7 Å². The van der Waals surface area contributed by atoms with Crippen LogP contribution in [0.25, 0.3) is 0 Å². The Morgan fingerprint density at radius 3 is 2.37 bits per heavy atom. The molecule has 144 valence electrons.